The minimum Gasteiger partial charge on any atom is -0.317 e. The molecule has 1 fully saturated rings. The third kappa shape index (κ3) is 4.25. The molecule has 0 saturated heterocycles. The molecule has 1 saturated carbocycles. The lowest BCUT2D eigenvalue weighted by Crippen LogP contribution is -2.16. The standard InChI is InChI=1S/C23H20ClF3N6O/c1-12-21(13(2)32(30-12)11-14-3-7-16(24)8-4-14)29-22(34)18-10-20-28-17(15-5-6-15)9-19(23(25,26)27)33(20)31-18/h3-4,7-10,15H,5-6,11H2,1-2H3,(H,29,34). The number of aromatic nitrogens is 5. The van der Waals surface area contributed by atoms with E-state index >= 15 is 0 Å². The Hall–Kier alpha value is -3.40. The van der Waals surface area contributed by atoms with Crippen LogP contribution in [0.15, 0.2) is 36.4 Å². The van der Waals surface area contributed by atoms with E-state index in [0.717, 1.165) is 24.5 Å². The number of amides is 1. The molecule has 0 radical (unpaired) electrons. The average Bonchev–Trinajstić information content (AvgIpc) is 3.49. The van der Waals surface area contributed by atoms with Crippen LogP contribution >= 0.6 is 11.6 Å². The normalized spacial score (nSPS) is 14.1. The number of nitrogens with one attached hydrogen (secondary N) is 1. The highest BCUT2D eigenvalue weighted by Crippen LogP contribution is 2.41. The van der Waals surface area contributed by atoms with Crippen LogP contribution in [0.25, 0.3) is 5.65 Å². The van der Waals surface area contributed by atoms with Gasteiger partial charge < -0.3 is 5.32 Å². The molecule has 3 heterocycles. The molecule has 1 aliphatic rings. The Balaban J connectivity index is 1.44. The monoisotopic (exact) mass is 488 g/mol. The van der Waals surface area contributed by atoms with Gasteiger partial charge in [-0.25, -0.2) is 9.50 Å². The van der Waals surface area contributed by atoms with Crippen molar-refractivity contribution in [3.8, 4) is 0 Å². The summed E-state index contributed by atoms with van der Waals surface area (Å²) in [4.78, 5) is 17.2. The van der Waals surface area contributed by atoms with Gasteiger partial charge in [0.25, 0.3) is 5.91 Å². The topological polar surface area (TPSA) is 77.1 Å². The molecule has 11 heteroatoms. The minimum atomic E-state index is -4.62. The van der Waals surface area contributed by atoms with E-state index < -0.39 is 17.8 Å². The molecule has 0 aliphatic heterocycles. The number of fused-ring (bicyclic) bond motifs is 1. The molecule has 0 bridgehead atoms. The van der Waals surface area contributed by atoms with Crippen LogP contribution in [0.3, 0.4) is 0 Å². The number of carbonyl (C=O) groups excluding carboxylic acids is 1. The maximum absolute atomic E-state index is 13.6. The van der Waals surface area contributed by atoms with Gasteiger partial charge in [0, 0.05) is 22.7 Å². The van der Waals surface area contributed by atoms with Gasteiger partial charge in [-0.1, -0.05) is 23.7 Å². The largest absolute Gasteiger partial charge is 0.433 e. The molecule has 1 aliphatic carbocycles. The smallest absolute Gasteiger partial charge is 0.317 e. The highest BCUT2D eigenvalue weighted by Gasteiger charge is 2.37. The van der Waals surface area contributed by atoms with Gasteiger partial charge in [0.1, 0.15) is 5.69 Å². The predicted molar refractivity (Wildman–Crippen MR) is 120 cm³/mol. The number of hydrogen-bond donors (Lipinski definition) is 1. The number of halogens is 4. The van der Waals surface area contributed by atoms with E-state index in [2.05, 4.69) is 20.5 Å². The first-order valence-electron chi connectivity index (χ1n) is 10.7. The number of hydrogen-bond acceptors (Lipinski definition) is 4. The van der Waals surface area contributed by atoms with Crippen molar-refractivity contribution in [3.63, 3.8) is 0 Å². The van der Waals surface area contributed by atoms with E-state index in [9.17, 15) is 18.0 Å². The molecule has 0 spiro atoms. The van der Waals surface area contributed by atoms with Gasteiger partial charge in [-0.05, 0) is 50.5 Å². The highest BCUT2D eigenvalue weighted by atomic mass is 35.5. The number of nitrogens with zero attached hydrogens (tertiary/aromatic N) is 5. The Kier molecular flexibility index (Phi) is 5.35. The zero-order chi connectivity index (χ0) is 24.2. The van der Waals surface area contributed by atoms with E-state index in [0.29, 0.717) is 38.9 Å². The minimum absolute atomic E-state index is 0.00578. The van der Waals surface area contributed by atoms with E-state index in [1.807, 2.05) is 12.1 Å². The molecular formula is C23H20ClF3N6O. The van der Waals surface area contributed by atoms with Crippen LogP contribution in [-0.4, -0.2) is 30.3 Å². The van der Waals surface area contributed by atoms with Crippen LogP contribution in [0.5, 0.6) is 0 Å². The zero-order valence-corrected chi connectivity index (χ0v) is 19.1. The fourth-order valence-electron chi connectivity index (χ4n) is 3.87. The van der Waals surface area contributed by atoms with Crippen molar-refractivity contribution < 1.29 is 18.0 Å². The van der Waals surface area contributed by atoms with Crippen LogP contribution in [0, 0.1) is 13.8 Å². The molecule has 176 valence electrons. The lowest BCUT2D eigenvalue weighted by molar-refractivity contribution is -0.142. The van der Waals surface area contributed by atoms with Crippen LogP contribution in [0.2, 0.25) is 5.02 Å². The summed E-state index contributed by atoms with van der Waals surface area (Å²) >= 11 is 5.94. The summed E-state index contributed by atoms with van der Waals surface area (Å²) in [6.45, 7) is 4.02. The highest BCUT2D eigenvalue weighted by molar-refractivity contribution is 6.30. The Morgan fingerprint density at radius 1 is 1.15 bits per heavy atom. The second kappa shape index (κ2) is 8.12. The van der Waals surface area contributed by atoms with Crippen molar-refractivity contribution in [1.29, 1.82) is 0 Å². The van der Waals surface area contributed by atoms with E-state index in [-0.39, 0.29) is 17.3 Å². The zero-order valence-electron chi connectivity index (χ0n) is 18.3. The molecule has 0 unspecified atom stereocenters. The van der Waals surface area contributed by atoms with E-state index in [4.69, 9.17) is 11.6 Å². The first kappa shape index (κ1) is 22.4. The van der Waals surface area contributed by atoms with Crippen LogP contribution < -0.4 is 5.32 Å². The summed E-state index contributed by atoms with van der Waals surface area (Å²) in [5.41, 5.74) is 2.01. The number of aryl methyl sites for hydroxylation is 1. The van der Waals surface area contributed by atoms with Crippen molar-refractivity contribution in [3.05, 3.63) is 75.5 Å². The van der Waals surface area contributed by atoms with Gasteiger partial charge in [0.15, 0.2) is 11.3 Å². The van der Waals surface area contributed by atoms with Gasteiger partial charge >= 0.3 is 6.18 Å². The first-order chi connectivity index (χ1) is 16.1. The summed E-state index contributed by atoms with van der Waals surface area (Å²) in [7, 11) is 0. The summed E-state index contributed by atoms with van der Waals surface area (Å²) in [5.74, 6) is -0.612. The summed E-state index contributed by atoms with van der Waals surface area (Å²) in [6.07, 6.45) is -3.01. The lowest BCUT2D eigenvalue weighted by atomic mass is 10.2. The Labute approximate surface area is 197 Å². The Bertz CT molecular complexity index is 1400. The molecular weight excluding hydrogens is 469 g/mol. The van der Waals surface area contributed by atoms with Gasteiger partial charge in [0.2, 0.25) is 0 Å². The van der Waals surface area contributed by atoms with Crippen molar-refractivity contribution >= 4 is 28.8 Å². The van der Waals surface area contributed by atoms with Crippen LogP contribution in [-0.2, 0) is 12.7 Å². The second-order valence-corrected chi connectivity index (χ2v) is 8.86. The van der Waals surface area contributed by atoms with Crippen LogP contribution in [0.1, 0.15) is 57.6 Å². The quantitative estimate of drug-likeness (QED) is 0.408. The molecule has 34 heavy (non-hydrogen) atoms. The van der Waals surface area contributed by atoms with E-state index in [1.54, 1.807) is 30.7 Å². The van der Waals surface area contributed by atoms with Gasteiger partial charge in [-0.3, -0.25) is 9.48 Å². The maximum atomic E-state index is 13.6. The van der Waals surface area contributed by atoms with Crippen molar-refractivity contribution in [2.45, 2.75) is 45.3 Å². The third-order valence-corrected chi connectivity index (χ3v) is 6.08. The molecule has 3 aromatic heterocycles. The van der Waals surface area contributed by atoms with Gasteiger partial charge in [-0.2, -0.15) is 23.4 Å². The molecule has 5 rings (SSSR count). The van der Waals surface area contributed by atoms with Crippen molar-refractivity contribution in [2.24, 2.45) is 0 Å². The lowest BCUT2D eigenvalue weighted by Gasteiger charge is -2.10. The Morgan fingerprint density at radius 2 is 1.85 bits per heavy atom. The van der Waals surface area contributed by atoms with Crippen molar-refractivity contribution in [2.75, 3.05) is 5.32 Å². The summed E-state index contributed by atoms with van der Waals surface area (Å²) in [6, 6.07) is 9.64. The molecule has 7 nitrogen and oxygen atoms in total. The average molecular weight is 489 g/mol. The number of rotatable bonds is 5. The molecule has 1 N–H and O–H groups in total. The third-order valence-electron chi connectivity index (χ3n) is 5.83. The fraction of sp³-hybridized carbons (Fsp3) is 0.304. The van der Waals surface area contributed by atoms with Crippen LogP contribution in [0.4, 0.5) is 18.9 Å². The summed E-state index contributed by atoms with van der Waals surface area (Å²) in [5, 5.41) is 11.8. The summed E-state index contributed by atoms with van der Waals surface area (Å²) < 4.78 is 43.3. The second-order valence-electron chi connectivity index (χ2n) is 8.42. The number of anilines is 1. The fourth-order valence-corrected chi connectivity index (χ4v) is 3.99. The van der Waals surface area contributed by atoms with Gasteiger partial charge in [0.05, 0.1) is 23.6 Å². The van der Waals surface area contributed by atoms with E-state index in [1.165, 1.54) is 6.07 Å². The number of alkyl halides is 3. The first-order valence-corrected chi connectivity index (χ1v) is 11.1. The molecule has 0 atom stereocenters. The molecule has 1 amide bonds. The van der Waals surface area contributed by atoms with Crippen molar-refractivity contribution in [1.82, 2.24) is 24.4 Å². The van der Waals surface area contributed by atoms with Gasteiger partial charge in [-0.15, -0.1) is 0 Å². The predicted octanol–water partition coefficient (Wildman–Crippen LogP) is 5.39. The Morgan fingerprint density at radius 3 is 2.50 bits per heavy atom. The molecule has 1 aromatic carbocycles. The number of benzene rings is 1. The molecule has 4 aromatic rings. The maximum Gasteiger partial charge on any atom is 0.433 e. The number of carbonyl (C=O) groups is 1. The SMILES string of the molecule is Cc1nn(Cc2ccc(Cl)cc2)c(C)c1NC(=O)c1cc2nc(C3CC3)cc(C(F)(F)F)n2n1.